The van der Waals surface area contributed by atoms with Gasteiger partial charge in [0.15, 0.2) is 0 Å². The van der Waals surface area contributed by atoms with Crippen molar-refractivity contribution in [2.45, 2.75) is 84.4 Å². The molecule has 0 saturated carbocycles. The van der Waals surface area contributed by atoms with Crippen molar-refractivity contribution in [3.05, 3.63) is 12.2 Å². The zero-order chi connectivity index (χ0) is 18.4. The molecular weight excluding hydrogens is 308 g/mol. The van der Waals surface area contributed by atoms with E-state index < -0.39 is 20.7 Å². The van der Waals surface area contributed by atoms with Crippen molar-refractivity contribution in [3.63, 3.8) is 0 Å². The number of hydrogen-bond donors (Lipinski definition) is 1. The van der Waals surface area contributed by atoms with Gasteiger partial charge in [-0.15, -0.1) is 0 Å². The molecule has 23 heavy (non-hydrogen) atoms. The van der Waals surface area contributed by atoms with Gasteiger partial charge in [0.25, 0.3) is 0 Å². The van der Waals surface area contributed by atoms with E-state index in [1.54, 1.807) is 0 Å². The minimum atomic E-state index is -1.15. The molecule has 0 aliphatic heterocycles. The van der Waals surface area contributed by atoms with Gasteiger partial charge in [-0.2, -0.15) is 0 Å². The van der Waals surface area contributed by atoms with Crippen LogP contribution >= 0.6 is 0 Å². The number of rotatable bonds is 9. The van der Waals surface area contributed by atoms with E-state index in [1.807, 2.05) is 6.92 Å². The molecule has 0 atom stereocenters. The van der Waals surface area contributed by atoms with Gasteiger partial charge in [-0.1, -0.05) is 77.9 Å². The Morgan fingerprint density at radius 3 is 1.74 bits per heavy atom. The lowest BCUT2D eigenvalue weighted by Crippen LogP contribution is -2.24. The average molecular weight is 345 g/mol. The van der Waals surface area contributed by atoms with E-state index in [0.29, 0.717) is 6.61 Å². The number of carbonyl (C=O) groups excluding carboxylic acids is 1. The molecule has 0 radical (unpaired) electrons. The molecule has 136 valence electrons. The molecular formula is C18H36O4Si. The minimum Gasteiger partial charge on any atom is -0.478 e. The summed E-state index contributed by atoms with van der Waals surface area (Å²) in [6, 6.07) is 0. The van der Waals surface area contributed by atoms with E-state index in [9.17, 15) is 9.59 Å². The standard InChI is InChI=1S/C9H14O4.C9H22Si/c1-2-3-4-7-13-9(12)6-5-8(10)11;1-7(2)10(8(3)4)9(5)6/h5-6H,2-4,7H2,1H3,(H,10,11);7-10H,1-6H3/b6-5-;. The molecule has 0 aromatic carbocycles. The van der Waals surface area contributed by atoms with Crippen molar-refractivity contribution in [2.75, 3.05) is 6.61 Å². The number of carboxylic acids is 1. The highest BCUT2D eigenvalue weighted by molar-refractivity contribution is 6.63. The van der Waals surface area contributed by atoms with Gasteiger partial charge in [0.2, 0.25) is 0 Å². The molecule has 0 aliphatic rings. The minimum absolute atomic E-state index is 0.358. The van der Waals surface area contributed by atoms with Crippen molar-refractivity contribution in [3.8, 4) is 0 Å². The Bertz CT molecular complexity index is 330. The van der Waals surface area contributed by atoms with Crippen molar-refractivity contribution in [1.29, 1.82) is 0 Å². The van der Waals surface area contributed by atoms with Crippen LogP contribution in [-0.2, 0) is 14.3 Å². The number of aliphatic carboxylic acids is 1. The highest BCUT2D eigenvalue weighted by Crippen LogP contribution is 2.28. The number of carbonyl (C=O) groups is 2. The largest absolute Gasteiger partial charge is 0.478 e. The van der Waals surface area contributed by atoms with Crippen LogP contribution in [-0.4, -0.2) is 32.4 Å². The first kappa shape index (κ1) is 24.2. The molecule has 5 heteroatoms. The predicted molar refractivity (Wildman–Crippen MR) is 99.7 cm³/mol. The van der Waals surface area contributed by atoms with Crippen LogP contribution in [0.4, 0.5) is 0 Å². The first-order valence-electron chi connectivity index (χ1n) is 8.71. The number of ether oxygens (including phenoxy) is 1. The third kappa shape index (κ3) is 15.6. The van der Waals surface area contributed by atoms with Gasteiger partial charge in [0, 0.05) is 20.9 Å². The van der Waals surface area contributed by atoms with E-state index in [0.717, 1.165) is 48.0 Å². The predicted octanol–water partition coefficient (Wildman–Crippen LogP) is 4.80. The van der Waals surface area contributed by atoms with Crippen LogP contribution in [0, 0.1) is 0 Å². The van der Waals surface area contributed by atoms with E-state index in [4.69, 9.17) is 9.84 Å². The van der Waals surface area contributed by atoms with Crippen LogP contribution in [0.25, 0.3) is 0 Å². The molecule has 0 aliphatic carbocycles. The molecule has 0 bridgehead atoms. The number of esters is 1. The van der Waals surface area contributed by atoms with Gasteiger partial charge in [-0.05, 0) is 6.42 Å². The molecule has 0 amide bonds. The van der Waals surface area contributed by atoms with Gasteiger partial charge >= 0.3 is 11.9 Å². The molecule has 0 rings (SSSR count). The van der Waals surface area contributed by atoms with Gasteiger partial charge in [-0.3, -0.25) is 0 Å². The van der Waals surface area contributed by atoms with Crippen LogP contribution in [0.2, 0.25) is 16.6 Å². The van der Waals surface area contributed by atoms with Crippen LogP contribution in [0.3, 0.4) is 0 Å². The Balaban J connectivity index is 0. The summed E-state index contributed by atoms with van der Waals surface area (Å²) < 4.78 is 4.71. The average Bonchev–Trinajstić information content (AvgIpc) is 2.40. The zero-order valence-electron chi connectivity index (χ0n) is 16.0. The molecule has 0 unspecified atom stereocenters. The molecule has 0 saturated heterocycles. The molecule has 0 aromatic rings. The Labute approximate surface area is 143 Å². The van der Waals surface area contributed by atoms with E-state index in [1.165, 1.54) is 0 Å². The first-order valence-corrected chi connectivity index (χ1v) is 10.7. The quantitative estimate of drug-likeness (QED) is 0.282. The van der Waals surface area contributed by atoms with Crippen LogP contribution in [0.15, 0.2) is 12.2 Å². The van der Waals surface area contributed by atoms with E-state index >= 15 is 0 Å². The van der Waals surface area contributed by atoms with Gasteiger partial charge < -0.3 is 9.84 Å². The fraction of sp³-hybridized carbons (Fsp3) is 0.778. The molecule has 0 heterocycles. The second-order valence-electron chi connectivity index (χ2n) is 6.86. The van der Waals surface area contributed by atoms with Crippen molar-refractivity contribution < 1.29 is 19.4 Å². The highest BCUT2D eigenvalue weighted by atomic mass is 28.3. The Kier molecular flexibility index (Phi) is 15.2. The third-order valence-electron chi connectivity index (χ3n) is 3.66. The van der Waals surface area contributed by atoms with E-state index in [2.05, 4.69) is 41.5 Å². The maximum absolute atomic E-state index is 10.7. The molecule has 1 N–H and O–H groups in total. The lowest BCUT2D eigenvalue weighted by Gasteiger charge is -2.26. The first-order chi connectivity index (χ1) is 10.6. The summed E-state index contributed by atoms with van der Waals surface area (Å²) in [6.45, 7) is 16.7. The molecule has 0 aromatic heterocycles. The van der Waals surface area contributed by atoms with Gasteiger partial charge in [-0.25, -0.2) is 9.59 Å². The Hall–Kier alpha value is -1.10. The normalized spacial score (nSPS) is 11.3. The summed E-state index contributed by atoms with van der Waals surface area (Å²) in [4.78, 5) is 20.7. The summed E-state index contributed by atoms with van der Waals surface area (Å²) in [5.41, 5.74) is 2.92. The summed E-state index contributed by atoms with van der Waals surface area (Å²) in [5, 5.41) is 8.18. The van der Waals surface area contributed by atoms with Gasteiger partial charge in [0.05, 0.1) is 6.61 Å². The zero-order valence-corrected chi connectivity index (χ0v) is 17.1. The smallest absolute Gasteiger partial charge is 0.331 e. The van der Waals surface area contributed by atoms with Crippen molar-refractivity contribution in [1.82, 2.24) is 0 Å². The fourth-order valence-electron chi connectivity index (χ4n) is 3.02. The second kappa shape index (κ2) is 14.5. The SMILES string of the molecule is CC(C)[SiH](C(C)C)C(C)C.CCCCCOC(=O)/C=C\C(=O)O. The van der Waals surface area contributed by atoms with Crippen LogP contribution < -0.4 is 0 Å². The number of unbranched alkanes of at least 4 members (excludes halogenated alkanes) is 2. The Morgan fingerprint density at radius 2 is 1.43 bits per heavy atom. The lowest BCUT2D eigenvalue weighted by molar-refractivity contribution is -0.138. The van der Waals surface area contributed by atoms with Crippen molar-refractivity contribution in [2.24, 2.45) is 0 Å². The summed E-state index contributed by atoms with van der Waals surface area (Å²) in [5.74, 6) is -1.75. The van der Waals surface area contributed by atoms with Crippen LogP contribution in [0.5, 0.6) is 0 Å². The maximum atomic E-state index is 10.7. The van der Waals surface area contributed by atoms with E-state index in [-0.39, 0.29) is 0 Å². The molecule has 4 nitrogen and oxygen atoms in total. The Morgan fingerprint density at radius 1 is 0.957 bits per heavy atom. The second-order valence-corrected chi connectivity index (χ2v) is 12.0. The molecule has 0 fully saturated rings. The molecule has 0 spiro atoms. The third-order valence-corrected chi connectivity index (χ3v) is 8.28. The van der Waals surface area contributed by atoms with Gasteiger partial charge in [0.1, 0.15) is 0 Å². The maximum Gasteiger partial charge on any atom is 0.331 e. The lowest BCUT2D eigenvalue weighted by atomic mass is 10.3. The summed E-state index contributed by atoms with van der Waals surface area (Å²) in [7, 11) is -0.454. The van der Waals surface area contributed by atoms with Crippen LogP contribution in [0.1, 0.15) is 67.7 Å². The highest BCUT2D eigenvalue weighted by Gasteiger charge is 2.22. The topological polar surface area (TPSA) is 63.6 Å². The number of hydrogen-bond acceptors (Lipinski definition) is 3. The monoisotopic (exact) mass is 344 g/mol. The fourth-order valence-corrected chi connectivity index (χ4v) is 7.64. The summed E-state index contributed by atoms with van der Waals surface area (Å²) in [6.07, 6.45) is 4.57. The summed E-state index contributed by atoms with van der Waals surface area (Å²) >= 11 is 0. The van der Waals surface area contributed by atoms with Crippen molar-refractivity contribution >= 4 is 20.7 Å². The number of carboxylic acid groups (broad SMARTS) is 1.